The van der Waals surface area contributed by atoms with Gasteiger partial charge < -0.3 is 4.90 Å². The number of hydrogen-bond acceptors (Lipinski definition) is 2. The van der Waals surface area contributed by atoms with Gasteiger partial charge in [0.1, 0.15) is 6.54 Å². The highest BCUT2D eigenvalue weighted by molar-refractivity contribution is 5.85. The lowest BCUT2D eigenvalue weighted by Gasteiger charge is -2.24. The van der Waals surface area contributed by atoms with E-state index in [0.717, 1.165) is 25.1 Å². The van der Waals surface area contributed by atoms with E-state index in [-0.39, 0.29) is 0 Å². The number of quaternary nitrogens is 1. The van der Waals surface area contributed by atoms with E-state index < -0.39 is 0 Å². The van der Waals surface area contributed by atoms with Crippen molar-refractivity contribution in [2.75, 3.05) is 18.5 Å². The third-order valence-electron chi connectivity index (χ3n) is 3.95. The zero-order valence-corrected chi connectivity index (χ0v) is 12.3. The summed E-state index contributed by atoms with van der Waals surface area (Å²) >= 11 is 0. The van der Waals surface area contributed by atoms with Crippen molar-refractivity contribution in [2.45, 2.75) is 19.4 Å². The summed E-state index contributed by atoms with van der Waals surface area (Å²) in [6, 6.07) is 20.9. The molecule has 3 heteroatoms. The molecular formula is C18H22N3+. The number of para-hydroxylation sites is 1. The van der Waals surface area contributed by atoms with Gasteiger partial charge in [-0.25, -0.2) is 0 Å². The molecule has 0 unspecified atom stereocenters. The van der Waals surface area contributed by atoms with Crippen molar-refractivity contribution in [2.24, 2.45) is 5.10 Å². The predicted molar refractivity (Wildman–Crippen MR) is 87.6 cm³/mol. The molecule has 1 aliphatic rings. The second kappa shape index (κ2) is 7.04. The van der Waals surface area contributed by atoms with Gasteiger partial charge in [-0.3, -0.25) is 5.43 Å². The molecule has 2 aromatic carbocycles. The quantitative estimate of drug-likeness (QED) is 0.827. The van der Waals surface area contributed by atoms with Crippen LogP contribution in [0.3, 0.4) is 0 Å². The Labute approximate surface area is 126 Å². The minimum atomic E-state index is 1.06. The first-order valence-corrected chi connectivity index (χ1v) is 7.64. The van der Waals surface area contributed by atoms with Crippen LogP contribution < -0.4 is 10.3 Å². The Morgan fingerprint density at radius 3 is 2.14 bits per heavy atom. The van der Waals surface area contributed by atoms with E-state index in [9.17, 15) is 0 Å². The average molecular weight is 280 g/mol. The molecule has 0 amide bonds. The van der Waals surface area contributed by atoms with E-state index in [1.54, 1.807) is 4.90 Å². The van der Waals surface area contributed by atoms with Gasteiger partial charge in [-0.2, -0.15) is 5.10 Å². The van der Waals surface area contributed by atoms with Crippen molar-refractivity contribution in [1.82, 2.24) is 0 Å². The molecule has 0 radical (unpaired) electrons. The van der Waals surface area contributed by atoms with E-state index in [1.807, 2.05) is 30.3 Å². The maximum Gasteiger partial charge on any atom is 0.103 e. The van der Waals surface area contributed by atoms with Crippen LogP contribution >= 0.6 is 0 Å². The highest BCUT2D eigenvalue weighted by atomic mass is 15.3. The highest BCUT2D eigenvalue weighted by Gasteiger charge is 2.18. The zero-order chi connectivity index (χ0) is 14.3. The monoisotopic (exact) mass is 280 g/mol. The normalized spacial score (nSPS) is 18.3. The van der Waals surface area contributed by atoms with Crippen molar-refractivity contribution in [3.8, 4) is 0 Å². The van der Waals surface area contributed by atoms with E-state index in [2.05, 4.69) is 40.9 Å². The van der Waals surface area contributed by atoms with Crippen LogP contribution in [-0.2, 0) is 6.54 Å². The van der Waals surface area contributed by atoms with Gasteiger partial charge in [-0.05, 0) is 12.1 Å². The van der Waals surface area contributed by atoms with Crippen molar-refractivity contribution in [3.63, 3.8) is 0 Å². The molecule has 2 aromatic rings. The second-order valence-electron chi connectivity index (χ2n) is 5.57. The summed E-state index contributed by atoms with van der Waals surface area (Å²) in [5, 5.41) is 4.55. The molecule has 0 saturated carbocycles. The van der Waals surface area contributed by atoms with Crippen molar-refractivity contribution < 1.29 is 4.90 Å². The number of nitrogens with one attached hydrogen (secondary N) is 2. The third-order valence-corrected chi connectivity index (χ3v) is 3.95. The second-order valence-corrected chi connectivity index (χ2v) is 5.57. The van der Waals surface area contributed by atoms with Crippen molar-refractivity contribution in [1.29, 1.82) is 0 Å². The summed E-state index contributed by atoms with van der Waals surface area (Å²) in [5.74, 6) is 0. The molecule has 1 fully saturated rings. The predicted octanol–water partition coefficient (Wildman–Crippen LogP) is 2.33. The van der Waals surface area contributed by atoms with Crippen molar-refractivity contribution in [3.05, 3.63) is 66.2 Å². The molecule has 0 bridgehead atoms. The van der Waals surface area contributed by atoms with E-state index in [1.165, 1.54) is 24.4 Å². The van der Waals surface area contributed by atoms with Gasteiger partial charge in [0.15, 0.2) is 0 Å². The Morgan fingerprint density at radius 1 is 0.857 bits per heavy atom. The summed E-state index contributed by atoms with van der Waals surface area (Å²) in [7, 11) is 0. The minimum absolute atomic E-state index is 1.06. The van der Waals surface area contributed by atoms with Crippen LogP contribution in [0.15, 0.2) is 65.8 Å². The third kappa shape index (κ3) is 4.17. The molecule has 21 heavy (non-hydrogen) atoms. The van der Waals surface area contributed by atoms with Crippen LogP contribution in [0.25, 0.3) is 0 Å². The van der Waals surface area contributed by atoms with E-state index in [0.29, 0.717) is 0 Å². The Kier molecular flexibility index (Phi) is 4.64. The fraction of sp³-hybridized carbons (Fsp3) is 0.278. The highest BCUT2D eigenvalue weighted by Crippen LogP contribution is 2.06. The molecule has 0 aromatic heterocycles. The molecule has 108 valence electrons. The molecule has 3 nitrogen and oxygen atoms in total. The van der Waals surface area contributed by atoms with Crippen LogP contribution in [0.2, 0.25) is 0 Å². The van der Waals surface area contributed by atoms with E-state index in [4.69, 9.17) is 0 Å². The molecule has 3 rings (SSSR count). The first-order chi connectivity index (χ1) is 10.4. The lowest BCUT2D eigenvalue weighted by atomic mass is 10.1. The lowest BCUT2D eigenvalue weighted by Crippen LogP contribution is -3.11. The largest absolute Gasteiger partial charge is 0.331 e. The number of benzene rings is 2. The van der Waals surface area contributed by atoms with Gasteiger partial charge in [0.05, 0.1) is 18.8 Å². The van der Waals surface area contributed by atoms with E-state index >= 15 is 0 Å². The number of hydrogen-bond donors (Lipinski definition) is 2. The first-order valence-electron chi connectivity index (χ1n) is 7.64. The number of anilines is 1. The maximum absolute atomic E-state index is 4.55. The summed E-state index contributed by atoms with van der Waals surface area (Å²) in [6.07, 6.45) is 2.17. The molecule has 2 N–H and O–H groups in total. The van der Waals surface area contributed by atoms with Gasteiger partial charge in [0.25, 0.3) is 0 Å². The standard InChI is InChI=1S/C18H21N3/c1-3-7-16(8-4-1)15-21-13-11-18(12-14-21)20-19-17-9-5-2-6-10-17/h1-10,19H,11-15H2/p+1. The van der Waals surface area contributed by atoms with Crippen LogP contribution in [0.1, 0.15) is 18.4 Å². The number of nitrogens with zero attached hydrogens (tertiary/aromatic N) is 1. The minimum Gasteiger partial charge on any atom is -0.331 e. The van der Waals surface area contributed by atoms with Gasteiger partial charge in [-0.1, -0.05) is 48.5 Å². The average Bonchev–Trinajstić information content (AvgIpc) is 2.56. The van der Waals surface area contributed by atoms with Gasteiger partial charge in [0.2, 0.25) is 0 Å². The fourth-order valence-electron chi connectivity index (χ4n) is 2.72. The molecule has 1 saturated heterocycles. The van der Waals surface area contributed by atoms with Gasteiger partial charge >= 0.3 is 0 Å². The van der Waals surface area contributed by atoms with Crippen LogP contribution in [0.4, 0.5) is 5.69 Å². The van der Waals surface area contributed by atoms with Crippen molar-refractivity contribution >= 4 is 11.4 Å². The fourth-order valence-corrected chi connectivity index (χ4v) is 2.72. The smallest absolute Gasteiger partial charge is 0.103 e. The first kappa shape index (κ1) is 13.8. The number of likely N-dealkylation sites (tertiary alicyclic amines) is 1. The van der Waals surface area contributed by atoms with Crippen LogP contribution in [0.5, 0.6) is 0 Å². The van der Waals surface area contributed by atoms with Crippen LogP contribution in [0, 0.1) is 0 Å². The topological polar surface area (TPSA) is 28.8 Å². The lowest BCUT2D eigenvalue weighted by molar-refractivity contribution is -0.914. The summed E-state index contributed by atoms with van der Waals surface area (Å²) in [5.41, 5.74) is 6.93. The zero-order valence-electron chi connectivity index (χ0n) is 12.3. The van der Waals surface area contributed by atoms with Crippen LogP contribution in [-0.4, -0.2) is 18.8 Å². The summed E-state index contributed by atoms with van der Waals surface area (Å²) < 4.78 is 0. The summed E-state index contributed by atoms with van der Waals surface area (Å²) in [4.78, 5) is 1.65. The molecule has 1 aliphatic heterocycles. The molecule has 0 spiro atoms. The number of hydrazone groups is 1. The molecule has 0 atom stereocenters. The Bertz CT molecular complexity index is 568. The Morgan fingerprint density at radius 2 is 1.48 bits per heavy atom. The number of piperidine rings is 1. The van der Waals surface area contributed by atoms with Gasteiger partial charge in [-0.15, -0.1) is 0 Å². The molecule has 0 aliphatic carbocycles. The maximum atomic E-state index is 4.55. The summed E-state index contributed by atoms with van der Waals surface area (Å²) in [6.45, 7) is 3.47. The molecular weight excluding hydrogens is 258 g/mol. The SMILES string of the molecule is c1ccc(C[NH+]2CCC(=NNc3ccccc3)CC2)cc1. The van der Waals surface area contributed by atoms with Gasteiger partial charge in [0, 0.05) is 24.1 Å². The Hall–Kier alpha value is -2.13. The number of rotatable bonds is 4. The Balaban J connectivity index is 1.49. The molecule has 1 heterocycles.